The summed E-state index contributed by atoms with van der Waals surface area (Å²) >= 11 is 0. The molecule has 0 aliphatic carbocycles. The summed E-state index contributed by atoms with van der Waals surface area (Å²) in [6, 6.07) is 0. The van der Waals surface area contributed by atoms with Gasteiger partial charge in [-0.2, -0.15) is 0 Å². The molecule has 360 valence electrons. The van der Waals surface area contributed by atoms with Gasteiger partial charge < -0.3 is 38.2 Å². The van der Waals surface area contributed by atoms with Crippen LogP contribution in [0.3, 0.4) is 0 Å². The van der Waals surface area contributed by atoms with Crippen molar-refractivity contribution in [2.75, 3.05) is 65.6 Å². The number of rotatable bonds is 34. The lowest BCUT2D eigenvalue weighted by Gasteiger charge is -2.39. The number of carboxylic acids is 2. The highest BCUT2D eigenvalue weighted by Gasteiger charge is 2.33. The van der Waals surface area contributed by atoms with E-state index in [1.807, 2.05) is 0 Å². The molecule has 0 unspecified atom stereocenters. The summed E-state index contributed by atoms with van der Waals surface area (Å²) in [6.07, 6.45) is 23.5. The smallest absolute Gasteiger partial charge is 0.320 e. The lowest BCUT2D eigenvalue weighted by molar-refractivity contribution is -0.929. The van der Waals surface area contributed by atoms with Crippen molar-refractivity contribution in [3.05, 3.63) is 0 Å². The Balaban J connectivity index is -0.000000351. The van der Waals surface area contributed by atoms with Crippen LogP contribution in [0.25, 0.3) is 0 Å². The van der Waals surface area contributed by atoms with E-state index < -0.39 is 41.1 Å². The van der Waals surface area contributed by atoms with Crippen LogP contribution in [0, 0.1) is 17.3 Å². The molecule has 0 aliphatic rings. The van der Waals surface area contributed by atoms with Gasteiger partial charge in [0.1, 0.15) is 0 Å². The minimum atomic E-state index is -1.56. The molecule has 0 N–H and O–H groups in total. The van der Waals surface area contributed by atoms with Crippen molar-refractivity contribution in [2.24, 2.45) is 17.3 Å². The molecule has 0 saturated heterocycles. The highest BCUT2D eigenvalue weighted by molar-refractivity contribution is 5.94. The first-order valence-corrected chi connectivity index (χ1v) is 25.0. The number of carboxylic acid groups (broad SMARTS) is 2. The van der Waals surface area contributed by atoms with E-state index in [2.05, 4.69) is 55.4 Å². The van der Waals surface area contributed by atoms with Crippen LogP contribution in [0.1, 0.15) is 219 Å². The van der Waals surface area contributed by atoms with Crippen LogP contribution >= 0.6 is 0 Å². The Morgan fingerprint density at radius 1 is 0.433 bits per heavy atom. The predicted octanol–water partition coefficient (Wildman–Crippen LogP) is 10.1. The van der Waals surface area contributed by atoms with Crippen LogP contribution in [-0.4, -0.2) is 98.4 Å². The molecule has 60 heavy (non-hydrogen) atoms. The van der Waals surface area contributed by atoms with Crippen molar-refractivity contribution < 1.29 is 47.8 Å². The molecule has 0 heterocycles. The maximum Gasteiger partial charge on any atom is 0.320 e. The molecular formula is C50H102N2O8. The zero-order valence-corrected chi connectivity index (χ0v) is 42.3. The molecule has 0 fully saturated rings. The monoisotopic (exact) mass is 859 g/mol. The fraction of sp³-hybridized carbons (Fsp3) is 0.920. The summed E-state index contributed by atoms with van der Waals surface area (Å²) in [4.78, 5) is 43.5. The first kappa shape index (κ1) is 64.4. The summed E-state index contributed by atoms with van der Waals surface area (Å²) in [7, 11) is 0. The van der Waals surface area contributed by atoms with Crippen LogP contribution in [0.5, 0.6) is 0 Å². The largest absolute Gasteiger partial charge is 0.549 e. The van der Waals surface area contributed by atoms with E-state index in [1.165, 1.54) is 164 Å². The summed E-state index contributed by atoms with van der Waals surface area (Å²) in [5, 5.41) is 21.1. The zero-order valence-electron chi connectivity index (χ0n) is 42.3. The highest BCUT2D eigenvalue weighted by Crippen LogP contribution is 2.34. The normalized spacial score (nSPS) is 11.5. The third-order valence-corrected chi connectivity index (χ3v) is 12.2. The Labute approximate surface area is 372 Å². The van der Waals surface area contributed by atoms with Crippen LogP contribution < -0.4 is 10.2 Å². The average Bonchev–Trinajstić information content (AvgIpc) is 3.23. The Morgan fingerprint density at radius 2 is 0.650 bits per heavy atom. The molecule has 0 aromatic heterocycles. The first-order valence-electron chi connectivity index (χ1n) is 25.0. The minimum absolute atomic E-state index is 0.286. The molecule has 0 spiro atoms. The Morgan fingerprint density at radius 3 is 0.767 bits per heavy atom. The average molecular weight is 859 g/mol. The minimum Gasteiger partial charge on any atom is -0.549 e. The fourth-order valence-corrected chi connectivity index (χ4v) is 7.53. The molecule has 10 nitrogen and oxygen atoms in total. The lowest BCUT2D eigenvalue weighted by Crippen LogP contribution is -2.51. The molecule has 0 aromatic carbocycles. The second kappa shape index (κ2) is 42.1. The third-order valence-electron chi connectivity index (χ3n) is 12.2. The van der Waals surface area contributed by atoms with Gasteiger partial charge in [0.15, 0.2) is 5.92 Å². The summed E-state index contributed by atoms with van der Waals surface area (Å²) in [5.41, 5.74) is -0.780. The van der Waals surface area contributed by atoms with Crippen molar-refractivity contribution >= 4 is 23.9 Å². The van der Waals surface area contributed by atoms with Gasteiger partial charge >= 0.3 is 11.9 Å². The van der Waals surface area contributed by atoms with Crippen LogP contribution in [-0.2, 0) is 28.7 Å². The van der Waals surface area contributed by atoms with Crippen molar-refractivity contribution in [3.63, 3.8) is 0 Å². The predicted molar refractivity (Wildman–Crippen MR) is 248 cm³/mol. The molecule has 0 amide bonds. The van der Waals surface area contributed by atoms with Crippen LogP contribution in [0.4, 0.5) is 0 Å². The van der Waals surface area contributed by atoms with Gasteiger partial charge in [0.05, 0.1) is 77.5 Å². The van der Waals surface area contributed by atoms with Gasteiger partial charge in [-0.05, 0) is 89.9 Å². The third kappa shape index (κ3) is 30.8. The van der Waals surface area contributed by atoms with Gasteiger partial charge in [-0.3, -0.25) is 9.59 Å². The van der Waals surface area contributed by atoms with Gasteiger partial charge in [-0.15, -0.1) is 0 Å². The van der Waals surface area contributed by atoms with Crippen molar-refractivity contribution in [2.45, 2.75) is 219 Å². The molecular weight excluding hydrogens is 757 g/mol. The lowest BCUT2D eigenvalue weighted by atomic mass is 9.73. The van der Waals surface area contributed by atoms with Gasteiger partial charge in [-0.1, -0.05) is 134 Å². The zero-order chi connectivity index (χ0) is 46.9. The second-order valence-electron chi connectivity index (χ2n) is 17.2. The number of nitrogens with zero attached hydrogens (tertiary/aromatic N) is 2. The molecule has 0 aromatic rings. The molecule has 0 saturated carbocycles. The van der Waals surface area contributed by atoms with Crippen molar-refractivity contribution in [3.8, 4) is 0 Å². The topological polar surface area (TPSA) is 133 Å². The number of hydrogen-bond donors (Lipinski definition) is 0. The fourth-order valence-electron chi connectivity index (χ4n) is 7.53. The van der Waals surface area contributed by atoms with Crippen molar-refractivity contribution in [1.29, 1.82) is 0 Å². The van der Waals surface area contributed by atoms with E-state index in [4.69, 9.17) is 9.47 Å². The van der Waals surface area contributed by atoms with Crippen molar-refractivity contribution in [1.82, 2.24) is 0 Å². The maximum absolute atomic E-state index is 11.2. The van der Waals surface area contributed by atoms with Crippen LogP contribution in [0.2, 0.25) is 0 Å². The van der Waals surface area contributed by atoms with Crippen LogP contribution in [0.15, 0.2) is 0 Å². The Bertz CT molecular complexity index is 873. The second-order valence-corrected chi connectivity index (χ2v) is 17.2. The van der Waals surface area contributed by atoms with E-state index in [9.17, 15) is 29.4 Å². The number of unbranched alkanes of at least 4 members (excludes halogenated alkanes) is 8. The number of hydrogen-bond acceptors (Lipinski definition) is 8. The van der Waals surface area contributed by atoms with E-state index in [0.29, 0.717) is 19.3 Å². The number of carbonyl (C=O) groups is 4. The Hall–Kier alpha value is -2.20. The van der Waals surface area contributed by atoms with Gasteiger partial charge in [-0.25, -0.2) is 0 Å². The number of esters is 2. The standard InChI is InChI=1S/2C16H36N.2C9H16O4/c2*1-5-9-13-17(14-10-6-2,15-11-7-3)16-12-8-4;1-4-9(3,5-2)6(7(10)11)8(12)13;1-4-7(8(10)12-5-2)9(11)13-6-3/h2*5-16H2,1-4H3;6H,4-5H2,1-3H3,(H,10,11)(H,12,13);7H,4-6H2,1-3H3/q2*+1;;/p-2. The van der Waals surface area contributed by atoms with Gasteiger partial charge in [0, 0.05) is 5.92 Å². The first-order chi connectivity index (χ1) is 28.5. The molecule has 0 atom stereocenters. The molecule has 0 aliphatic heterocycles. The SMILES string of the molecule is CCC(C)(CC)C(C(=O)[O-])C(=O)[O-].CCCC[N+](CCCC)(CCCC)CCCC.CCCC[N+](CCCC)(CCCC)CCCC.CCOC(=O)C(CC)C(=O)OCC. The number of carbonyl (C=O) groups excluding carboxylic acids is 4. The highest BCUT2D eigenvalue weighted by atomic mass is 16.6. The quantitative estimate of drug-likeness (QED) is 0.0355. The van der Waals surface area contributed by atoms with E-state index in [-0.39, 0.29) is 13.2 Å². The number of quaternary nitrogens is 2. The summed E-state index contributed by atoms with van der Waals surface area (Å²) in [5.74, 6) is -6.41. The summed E-state index contributed by atoms with van der Waals surface area (Å²) < 4.78 is 12.3. The molecule has 10 heteroatoms. The summed E-state index contributed by atoms with van der Waals surface area (Å²) in [6.45, 7) is 40.9. The maximum atomic E-state index is 11.2. The van der Waals surface area contributed by atoms with Gasteiger partial charge in [0.25, 0.3) is 0 Å². The molecule has 0 radical (unpaired) electrons. The molecule has 0 rings (SSSR count). The van der Waals surface area contributed by atoms with E-state index in [0.717, 1.165) is 0 Å². The Kier molecular flexibility index (Phi) is 45.2. The van der Waals surface area contributed by atoms with E-state index >= 15 is 0 Å². The number of ether oxygens (including phenoxy) is 2. The van der Waals surface area contributed by atoms with Gasteiger partial charge in [0.2, 0.25) is 0 Å². The molecule has 0 bridgehead atoms. The van der Waals surface area contributed by atoms with E-state index in [1.54, 1.807) is 41.5 Å². The number of aliphatic carboxylic acids is 2.